The van der Waals surface area contributed by atoms with E-state index in [0.717, 1.165) is 41.3 Å². The molecule has 1 aliphatic heterocycles. The minimum Gasteiger partial charge on any atom is -0.369 e. The summed E-state index contributed by atoms with van der Waals surface area (Å²) in [6.07, 6.45) is -0.0686. The molecule has 1 atom stereocenters. The van der Waals surface area contributed by atoms with E-state index in [0.29, 0.717) is 22.7 Å². The highest BCUT2D eigenvalue weighted by Crippen LogP contribution is 2.35. The molecular formula is C23H25Cl2N3O. The van der Waals surface area contributed by atoms with Crippen molar-refractivity contribution in [3.63, 3.8) is 0 Å². The van der Waals surface area contributed by atoms with Gasteiger partial charge in [-0.1, -0.05) is 47.5 Å². The van der Waals surface area contributed by atoms with Gasteiger partial charge in [0.05, 0.1) is 28.7 Å². The third-order valence-electron chi connectivity index (χ3n) is 5.49. The standard InChI is InChI=1S/C23H25Cl2N3O/c1-15(2)27-12-13-29-21(14-27)22-16(3)23(17-8-10-18(24)11-9-17)28(26-22)20-7-5-4-6-19(20)25/h4-11,15,21H,12-14H2,1-3H3. The lowest BCUT2D eigenvalue weighted by molar-refractivity contribution is -0.0425. The molecule has 0 saturated carbocycles. The van der Waals surface area contributed by atoms with Crippen molar-refractivity contribution < 1.29 is 4.74 Å². The zero-order chi connectivity index (χ0) is 20.5. The molecule has 2 heterocycles. The molecule has 0 spiro atoms. The average molecular weight is 430 g/mol. The van der Waals surface area contributed by atoms with Gasteiger partial charge in [0.2, 0.25) is 0 Å². The Balaban J connectivity index is 1.85. The topological polar surface area (TPSA) is 30.3 Å². The largest absolute Gasteiger partial charge is 0.369 e. The predicted molar refractivity (Wildman–Crippen MR) is 119 cm³/mol. The van der Waals surface area contributed by atoms with Gasteiger partial charge < -0.3 is 4.74 Å². The van der Waals surface area contributed by atoms with E-state index < -0.39 is 0 Å². The third-order valence-corrected chi connectivity index (χ3v) is 6.06. The summed E-state index contributed by atoms with van der Waals surface area (Å²) < 4.78 is 8.08. The van der Waals surface area contributed by atoms with Crippen molar-refractivity contribution in [1.29, 1.82) is 0 Å². The van der Waals surface area contributed by atoms with Crippen LogP contribution in [0.2, 0.25) is 10.0 Å². The number of aromatic nitrogens is 2. The number of morpholine rings is 1. The van der Waals surface area contributed by atoms with Crippen molar-refractivity contribution >= 4 is 23.2 Å². The number of para-hydroxylation sites is 1. The Bertz CT molecular complexity index is 998. The molecule has 4 nitrogen and oxygen atoms in total. The van der Waals surface area contributed by atoms with Gasteiger partial charge in [-0.3, -0.25) is 4.90 Å². The molecule has 1 unspecified atom stereocenters. The van der Waals surface area contributed by atoms with Crippen LogP contribution in [0, 0.1) is 6.92 Å². The fourth-order valence-corrected chi connectivity index (χ4v) is 4.21. The number of benzene rings is 2. The lowest BCUT2D eigenvalue weighted by Crippen LogP contribution is -2.42. The van der Waals surface area contributed by atoms with Gasteiger partial charge in [0.25, 0.3) is 0 Å². The van der Waals surface area contributed by atoms with Crippen LogP contribution in [-0.4, -0.2) is 40.4 Å². The van der Waals surface area contributed by atoms with Crippen LogP contribution >= 0.6 is 23.2 Å². The molecule has 2 aromatic carbocycles. The van der Waals surface area contributed by atoms with Crippen molar-refractivity contribution in [2.24, 2.45) is 0 Å². The monoisotopic (exact) mass is 429 g/mol. The number of hydrogen-bond donors (Lipinski definition) is 0. The number of ether oxygens (including phenoxy) is 1. The Morgan fingerprint density at radius 3 is 2.48 bits per heavy atom. The molecule has 0 N–H and O–H groups in total. The van der Waals surface area contributed by atoms with Crippen LogP contribution in [0.4, 0.5) is 0 Å². The van der Waals surface area contributed by atoms with E-state index in [1.165, 1.54) is 0 Å². The summed E-state index contributed by atoms with van der Waals surface area (Å²) in [7, 11) is 0. The first kappa shape index (κ1) is 20.4. The highest BCUT2D eigenvalue weighted by Gasteiger charge is 2.29. The molecule has 0 amide bonds. The lowest BCUT2D eigenvalue weighted by Gasteiger charge is -2.35. The van der Waals surface area contributed by atoms with Crippen LogP contribution in [0.3, 0.4) is 0 Å². The van der Waals surface area contributed by atoms with Gasteiger partial charge >= 0.3 is 0 Å². The molecular weight excluding hydrogens is 405 g/mol. The summed E-state index contributed by atoms with van der Waals surface area (Å²) in [5.74, 6) is 0. The Morgan fingerprint density at radius 2 is 1.79 bits per heavy atom. The second-order valence-corrected chi connectivity index (χ2v) is 8.52. The maximum atomic E-state index is 6.53. The Morgan fingerprint density at radius 1 is 1.07 bits per heavy atom. The normalized spacial score (nSPS) is 17.8. The molecule has 6 heteroatoms. The smallest absolute Gasteiger partial charge is 0.114 e. The summed E-state index contributed by atoms with van der Waals surface area (Å²) >= 11 is 12.7. The molecule has 0 bridgehead atoms. The van der Waals surface area contributed by atoms with Gasteiger partial charge in [-0.15, -0.1) is 0 Å². The van der Waals surface area contributed by atoms with Crippen LogP contribution in [-0.2, 0) is 4.74 Å². The number of nitrogens with zero attached hydrogens (tertiary/aromatic N) is 3. The summed E-state index contributed by atoms with van der Waals surface area (Å²) in [4.78, 5) is 2.43. The highest BCUT2D eigenvalue weighted by molar-refractivity contribution is 6.32. The number of rotatable bonds is 4. The zero-order valence-electron chi connectivity index (χ0n) is 16.9. The predicted octanol–water partition coefficient (Wildman–Crippen LogP) is 5.94. The second kappa shape index (κ2) is 8.49. The van der Waals surface area contributed by atoms with E-state index in [4.69, 9.17) is 33.0 Å². The van der Waals surface area contributed by atoms with E-state index in [1.54, 1.807) is 0 Å². The molecule has 1 aliphatic rings. The van der Waals surface area contributed by atoms with Crippen molar-refractivity contribution in [3.05, 3.63) is 69.8 Å². The highest BCUT2D eigenvalue weighted by atomic mass is 35.5. The minimum absolute atomic E-state index is 0.0686. The van der Waals surface area contributed by atoms with Gasteiger partial charge in [0.1, 0.15) is 6.10 Å². The SMILES string of the molecule is Cc1c(C2CN(C(C)C)CCO2)nn(-c2ccccc2Cl)c1-c1ccc(Cl)cc1. The summed E-state index contributed by atoms with van der Waals surface area (Å²) in [5, 5.41) is 6.37. The van der Waals surface area contributed by atoms with E-state index in [2.05, 4.69) is 25.7 Å². The Labute approximate surface area is 182 Å². The van der Waals surface area contributed by atoms with Gasteiger partial charge in [-0.2, -0.15) is 5.10 Å². The van der Waals surface area contributed by atoms with Crippen molar-refractivity contribution in [1.82, 2.24) is 14.7 Å². The van der Waals surface area contributed by atoms with Crippen LogP contribution < -0.4 is 0 Å². The van der Waals surface area contributed by atoms with Gasteiger partial charge in [-0.05, 0) is 45.0 Å². The van der Waals surface area contributed by atoms with Crippen molar-refractivity contribution in [3.8, 4) is 16.9 Å². The van der Waals surface area contributed by atoms with Crippen LogP contribution in [0.1, 0.15) is 31.2 Å². The van der Waals surface area contributed by atoms with Gasteiger partial charge in [0, 0.05) is 35.3 Å². The first-order valence-electron chi connectivity index (χ1n) is 9.91. The zero-order valence-corrected chi connectivity index (χ0v) is 18.4. The molecule has 1 fully saturated rings. The Kier molecular flexibility index (Phi) is 5.98. The van der Waals surface area contributed by atoms with E-state index >= 15 is 0 Å². The summed E-state index contributed by atoms with van der Waals surface area (Å²) in [6, 6.07) is 16.1. The van der Waals surface area contributed by atoms with Crippen LogP contribution in [0.25, 0.3) is 16.9 Å². The van der Waals surface area contributed by atoms with E-state index in [9.17, 15) is 0 Å². The molecule has 152 valence electrons. The fraction of sp³-hybridized carbons (Fsp3) is 0.348. The van der Waals surface area contributed by atoms with E-state index in [1.807, 2.05) is 53.2 Å². The van der Waals surface area contributed by atoms with Crippen molar-refractivity contribution in [2.45, 2.75) is 32.9 Å². The molecule has 3 aromatic rings. The van der Waals surface area contributed by atoms with Gasteiger partial charge in [0.15, 0.2) is 0 Å². The maximum absolute atomic E-state index is 6.53. The second-order valence-electron chi connectivity index (χ2n) is 7.68. The molecule has 4 rings (SSSR count). The van der Waals surface area contributed by atoms with Gasteiger partial charge in [-0.25, -0.2) is 4.68 Å². The average Bonchev–Trinajstić information content (AvgIpc) is 3.06. The fourth-order valence-electron chi connectivity index (χ4n) is 3.87. The number of halogens is 2. The third kappa shape index (κ3) is 4.08. The molecule has 0 radical (unpaired) electrons. The van der Waals surface area contributed by atoms with Crippen LogP contribution in [0.5, 0.6) is 0 Å². The molecule has 0 aliphatic carbocycles. The minimum atomic E-state index is -0.0686. The maximum Gasteiger partial charge on any atom is 0.114 e. The molecule has 29 heavy (non-hydrogen) atoms. The first-order valence-corrected chi connectivity index (χ1v) is 10.7. The molecule has 1 aromatic heterocycles. The summed E-state index contributed by atoms with van der Waals surface area (Å²) in [5.41, 5.74) is 4.96. The lowest BCUT2D eigenvalue weighted by atomic mass is 10.0. The molecule has 1 saturated heterocycles. The van der Waals surface area contributed by atoms with Crippen LogP contribution in [0.15, 0.2) is 48.5 Å². The van der Waals surface area contributed by atoms with E-state index in [-0.39, 0.29) is 6.10 Å². The summed E-state index contributed by atoms with van der Waals surface area (Å²) in [6.45, 7) is 9.03. The number of hydrogen-bond acceptors (Lipinski definition) is 3. The quantitative estimate of drug-likeness (QED) is 0.514. The Hall–Kier alpha value is -1.85. The van der Waals surface area contributed by atoms with Crippen molar-refractivity contribution in [2.75, 3.05) is 19.7 Å². The first-order chi connectivity index (χ1) is 14.0.